The fraction of sp³-hybridized carbons (Fsp3) is 0.194. The van der Waals surface area contributed by atoms with E-state index in [1.807, 2.05) is 60.0 Å². The van der Waals surface area contributed by atoms with E-state index in [1.165, 1.54) is 30.6 Å². The first-order chi connectivity index (χ1) is 21.9. The molecule has 6 aromatic rings. The van der Waals surface area contributed by atoms with Gasteiger partial charge < -0.3 is 20.1 Å². The number of fused-ring (bicyclic) bond motifs is 1. The maximum atomic E-state index is 11.7. The SMILES string of the molecule is Nc1nc(-c2ccc(-c3ccc(Cl)cc3)c(COc3ccc(-c4nc5cc(C(=O)O)ccc5n4C4CCCCC4)cc3)c2)cs1. The Bertz CT molecular complexity index is 1990. The zero-order chi connectivity index (χ0) is 30.9. The molecule has 4 aromatic carbocycles. The smallest absolute Gasteiger partial charge is 0.335 e. The highest BCUT2D eigenvalue weighted by Gasteiger charge is 2.23. The predicted molar refractivity (Wildman–Crippen MR) is 181 cm³/mol. The predicted octanol–water partition coefficient (Wildman–Crippen LogP) is 9.51. The van der Waals surface area contributed by atoms with Gasteiger partial charge in [0.1, 0.15) is 18.2 Å². The van der Waals surface area contributed by atoms with Gasteiger partial charge in [-0.1, -0.05) is 55.1 Å². The first kappa shape index (κ1) is 29.1. The number of carbonyl (C=O) groups is 1. The quantitative estimate of drug-likeness (QED) is 0.173. The number of carboxylic acid groups (broad SMARTS) is 1. The van der Waals surface area contributed by atoms with E-state index in [9.17, 15) is 9.90 Å². The Labute approximate surface area is 269 Å². The molecule has 9 heteroatoms. The molecule has 0 aliphatic heterocycles. The number of hydrogen-bond donors (Lipinski definition) is 2. The van der Waals surface area contributed by atoms with E-state index in [2.05, 4.69) is 27.8 Å². The normalized spacial score (nSPS) is 13.7. The molecule has 3 N–H and O–H groups in total. The van der Waals surface area contributed by atoms with Crippen LogP contribution in [0.2, 0.25) is 5.02 Å². The topological polar surface area (TPSA) is 103 Å². The lowest BCUT2D eigenvalue weighted by Crippen LogP contribution is -2.14. The highest BCUT2D eigenvalue weighted by Crippen LogP contribution is 2.37. The molecule has 1 fully saturated rings. The van der Waals surface area contributed by atoms with Crippen molar-refractivity contribution in [2.75, 3.05) is 5.73 Å². The first-order valence-corrected chi connectivity index (χ1v) is 16.3. The Hall–Kier alpha value is -4.66. The summed E-state index contributed by atoms with van der Waals surface area (Å²) in [6, 6.07) is 27.6. The second-order valence-corrected chi connectivity index (χ2v) is 12.7. The lowest BCUT2D eigenvalue weighted by molar-refractivity contribution is 0.0697. The molecule has 2 aromatic heterocycles. The number of halogens is 1. The van der Waals surface area contributed by atoms with Gasteiger partial charge in [0.2, 0.25) is 0 Å². The van der Waals surface area contributed by atoms with Crippen molar-refractivity contribution >= 4 is 45.1 Å². The van der Waals surface area contributed by atoms with Crippen LogP contribution in [0.15, 0.2) is 90.3 Å². The van der Waals surface area contributed by atoms with Crippen molar-refractivity contribution in [1.82, 2.24) is 14.5 Å². The van der Waals surface area contributed by atoms with E-state index >= 15 is 0 Å². The number of aromatic nitrogens is 3. The number of benzene rings is 4. The number of anilines is 1. The van der Waals surface area contributed by atoms with Crippen LogP contribution in [0.4, 0.5) is 5.13 Å². The number of aromatic carboxylic acids is 1. The van der Waals surface area contributed by atoms with Crippen LogP contribution >= 0.6 is 22.9 Å². The van der Waals surface area contributed by atoms with Gasteiger partial charge in [-0.25, -0.2) is 14.8 Å². The molecule has 7 rings (SSSR count). The Morgan fingerprint density at radius 3 is 2.36 bits per heavy atom. The third-order valence-electron chi connectivity index (χ3n) is 8.46. The minimum atomic E-state index is -0.951. The van der Waals surface area contributed by atoms with Crippen LogP contribution in [-0.2, 0) is 6.61 Å². The van der Waals surface area contributed by atoms with Crippen molar-refractivity contribution in [3.05, 3.63) is 106 Å². The lowest BCUT2D eigenvalue weighted by Gasteiger charge is -2.25. The maximum Gasteiger partial charge on any atom is 0.335 e. The van der Waals surface area contributed by atoms with E-state index < -0.39 is 5.97 Å². The van der Waals surface area contributed by atoms with Crippen LogP contribution in [0, 0.1) is 0 Å². The summed E-state index contributed by atoms with van der Waals surface area (Å²) in [7, 11) is 0. The number of imidazole rings is 1. The molecular formula is C36H31ClN4O3S. The Balaban J connectivity index is 1.19. The van der Waals surface area contributed by atoms with Crippen LogP contribution in [0.3, 0.4) is 0 Å². The molecule has 0 unspecified atom stereocenters. The molecule has 226 valence electrons. The number of hydrogen-bond acceptors (Lipinski definition) is 6. The van der Waals surface area contributed by atoms with Crippen LogP contribution in [0.5, 0.6) is 5.75 Å². The van der Waals surface area contributed by atoms with Gasteiger partial charge in [-0.15, -0.1) is 11.3 Å². The zero-order valence-corrected chi connectivity index (χ0v) is 26.0. The summed E-state index contributed by atoms with van der Waals surface area (Å²) in [6.45, 7) is 0.351. The minimum Gasteiger partial charge on any atom is -0.489 e. The summed E-state index contributed by atoms with van der Waals surface area (Å²) in [5, 5.41) is 12.7. The summed E-state index contributed by atoms with van der Waals surface area (Å²) in [5.74, 6) is 0.636. The van der Waals surface area contributed by atoms with E-state index in [1.54, 1.807) is 12.1 Å². The van der Waals surface area contributed by atoms with Crippen molar-refractivity contribution in [3.63, 3.8) is 0 Å². The van der Waals surface area contributed by atoms with Gasteiger partial charge in [-0.2, -0.15) is 0 Å². The van der Waals surface area contributed by atoms with Gasteiger partial charge >= 0.3 is 5.97 Å². The Kier molecular flexibility index (Phi) is 8.00. The molecule has 1 aliphatic rings. The fourth-order valence-corrected chi connectivity index (χ4v) is 6.91. The third kappa shape index (κ3) is 6.03. The van der Waals surface area contributed by atoms with Crippen LogP contribution in [0.1, 0.15) is 54.1 Å². The zero-order valence-electron chi connectivity index (χ0n) is 24.4. The first-order valence-electron chi connectivity index (χ1n) is 15.0. The van der Waals surface area contributed by atoms with Gasteiger partial charge in [0.25, 0.3) is 0 Å². The average molecular weight is 635 g/mol. The molecular weight excluding hydrogens is 604 g/mol. The van der Waals surface area contributed by atoms with E-state index in [0.717, 1.165) is 63.4 Å². The van der Waals surface area contributed by atoms with Crippen molar-refractivity contribution in [2.45, 2.75) is 44.8 Å². The monoisotopic (exact) mass is 634 g/mol. The molecule has 1 aliphatic carbocycles. The number of nitrogen functional groups attached to an aromatic ring is 1. The Morgan fingerprint density at radius 1 is 0.911 bits per heavy atom. The summed E-state index contributed by atoms with van der Waals surface area (Å²) in [5.41, 5.74) is 13.7. The summed E-state index contributed by atoms with van der Waals surface area (Å²) < 4.78 is 8.66. The van der Waals surface area contributed by atoms with Crippen LogP contribution in [0.25, 0.3) is 44.8 Å². The summed E-state index contributed by atoms with van der Waals surface area (Å²) in [6.07, 6.45) is 5.78. The molecule has 0 amide bonds. The van der Waals surface area contributed by atoms with Crippen LogP contribution in [-0.4, -0.2) is 25.6 Å². The van der Waals surface area contributed by atoms with Gasteiger partial charge in [0.05, 0.1) is 22.3 Å². The molecule has 2 heterocycles. The van der Waals surface area contributed by atoms with E-state index in [-0.39, 0.29) is 5.56 Å². The van der Waals surface area contributed by atoms with Crippen molar-refractivity contribution in [3.8, 4) is 39.5 Å². The number of nitrogens with two attached hydrogens (primary N) is 1. The second kappa shape index (κ2) is 12.4. The molecule has 0 bridgehead atoms. The van der Waals surface area contributed by atoms with Crippen LogP contribution < -0.4 is 10.5 Å². The molecule has 7 nitrogen and oxygen atoms in total. The highest BCUT2D eigenvalue weighted by atomic mass is 35.5. The lowest BCUT2D eigenvalue weighted by atomic mass is 9.95. The second-order valence-electron chi connectivity index (χ2n) is 11.4. The van der Waals surface area contributed by atoms with Gasteiger partial charge in [0, 0.05) is 27.6 Å². The summed E-state index contributed by atoms with van der Waals surface area (Å²) in [4.78, 5) is 21.1. The largest absolute Gasteiger partial charge is 0.489 e. The minimum absolute atomic E-state index is 0.242. The number of ether oxygens (including phenoxy) is 1. The highest BCUT2D eigenvalue weighted by molar-refractivity contribution is 7.13. The standard InChI is InChI=1S/C36H31ClN4O3S/c37-27-12-6-22(7-13-27)30-16-10-24(32-21-45-36(38)40-32)18-26(30)20-44-29-14-8-23(9-15-29)34-39-31-19-25(35(42)43)11-17-33(31)41(34)28-4-2-1-3-5-28/h6-19,21,28H,1-5,20H2,(H2,38,40)(H,42,43). The number of rotatable bonds is 8. The van der Waals surface area contributed by atoms with Gasteiger partial charge in [-0.3, -0.25) is 0 Å². The van der Waals surface area contributed by atoms with Gasteiger partial charge in [0.15, 0.2) is 5.13 Å². The van der Waals surface area contributed by atoms with Crippen molar-refractivity contribution in [2.24, 2.45) is 0 Å². The fourth-order valence-electron chi connectivity index (χ4n) is 6.21. The summed E-state index contributed by atoms with van der Waals surface area (Å²) >= 11 is 7.59. The molecule has 0 atom stereocenters. The third-order valence-corrected chi connectivity index (χ3v) is 9.39. The molecule has 0 radical (unpaired) electrons. The number of thiazole rings is 1. The van der Waals surface area contributed by atoms with E-state index in [4.69, 9.17) is 27.1 Å². The van der Waals surface area contributed by atoms with E-state index in [0.29, 0.717) is 28.3 Å². The van der Waals surface area contributed by atoms with Gasteiger partial charge in [-0.05, 0) is 90.2 Å². The average Bonchev–Trinajstić information content (AvgIpc) is 3.68. The molecule has 0 saturated heterocycles. The number of carboxylic acids is 1. The van der Waals surface area contributed by atoms with Crippen molar-refractivity contribution in [1.29, 1.82) is 0 Å². The molecule has 45 heavy (non-hydrogen) atoms. The number of nitrogens with zero attached hydrogens (tertiary/aromatic N) is 3. The molecule has 1 saturated carbocycles. The maximum absolute atomic E-state index is 11.7. The Morgan fingerprint density at radius 2 is 1.64 bits per heavy atom. The molecule has 0 spiro atoms. The van der Waals surface area contributed by atoms with Crippen molar-refractivity contribution < 1.29 is 14.6 Å².